The fourth-order valence-corrected chi connectivity index (χ4v) is 4.10. The standard InChI is InChI=1S/C15H19Cl2NOS/c1-10(18-6-7-20-15(2,3)9-18)14(19)12-5-4-11(16)8-13(12)17/h4-5,8,10H,6-7,9H2,1-3H3. The number of rotatable bonds is 3. The Bertz CT molecular complexity index is 519. The second-order valence-electron chi connectivity index (χ2n) is 5.74. The lowest BCUT2D eigenvalue weighted by Crippen LogP contribution is -2.49. The molecule has 1 aromatic carbocycles. The Morgan fingerprint density at radius 3 is 2.70 bits per heavy atom. The highest BCUT2D eigenvalue weighted by Crippen LogP contribution is 2.31. The van der Waals surface area contributed by atoms with Gasteiger partial charge in [0.15, 0.2) is 5.78 Å². The van der Waals surface area contributed by atoms with Crippen LogP contribution in [0.3, 0.4) is 0 Å². The van der Waals surface area contributed by atoms with E-state index in [0.29, 0.717) is 15.6 Å². The second-order valence-corrected chi connectivity index (χ2v) is 8.39. The van der Waals surface area contributed by atoms with Gasteiger partial charge in [0.2, 0.25) is 0 Å². The van der Waals surface area contributed by atoms with Crippen molar-refractivity contribution >= 4 is 40.7 Å². The minimum atomic E-state index is -0.158. The molecule has 1 unspecified atom stereocenters. The van der Waals surface area contributed by atoms with Crippen LogP contribution in [0.15, 0.2) is 18.2 Å². The maximum absolute atomic E-state index is 12.6. The molecule has 20 heavy (non-hydrogen) atoms. The maximum Gasteiger partial charge on any atom is 0.181 e. The number of carbonyl (C=O) groups excluding carboxylic acids is 1. The molecule has 0 N–H and O–H groups in total. The van der Waals surface area contributed by atoms with Gasteiger partial charge in [-0.2, -0.15) is 11.8 Å². The molecule has 0 spiro atoms. The molecule has 2 rings (SSSR count). The van der Waals surface area contributed by atoms with E-state index in [0.717, 1.165) is 18.8 Å². The lowest BCUT2D eigenvalue weighted by atomic mass is 10.0. The zero-order valence-electron chi connectivity index (χ0n) is 12.0. The molecule has 1 aliphatic rings. The highest BCUT2D eigenvalue weighted by molar-refractivity contribution is 8.00. The van der Waals surface area contributed by atoms with Gasteiger partial charge in [-0.15, -0.1) is 0 Å². The van der Waals surface area contributed by atoms with Crippen molar-refractivity contribution in [1.29, 1.82) is 0 Å². The first-order valence-electron chi connectivity index (χ1n) is 6.67. The molecule has 5 heteroatoms. The predicted octanol–water partition coefficient (Wildman–Crippen LogP) is 4.39. The highest BCUT2D eigenvalue weighted by atomic mass is 35.5. The molecule has 110 valence electrons. The summed E-state index contributed by atoms with van der Waals surface area (Å²) >= 11 is 14.0. The van der Waals surface area contributed by atoms with Gasteiger partial charge in [0.1, 0.15) is 0 Å². The molecule has 1 fully saturated rings. The van der Waals surface area contributed by atoms with Gasteiger partial charge in [-0.25, -0.2) is 0 Å². The summed E-state index contributed by atoms with van der Waals surface area (Å²) in [7, 11) is 0. The Kier molecular flexibility index (Phi) is 5.06. The number of hydrogen-bond donors (Lipinski definition) is 0. The summed E-state index contributed by atoms with van der Waals surface area (Å²) in [5.74, 6) is 1.12. The van der Waals surface area contributed by atoms with Crippen molar-refractivity contribution in [3.63, 3.8) is 0 Å². The van der Waals surface area contributed by atoms with Gasteiger partial charge in [-0.05, 0) is 39.0 Å². The van der Waals surface area contributed by atoms with E-state index in [-0.39, 0.29) is 16.6 Å². The van der Waals surface area contributed by atoms with E-state index in [2.05, 4.69) is 18.7 Å². The fourth-order valence-electron chi connectivity index (χ4n) is 2.46. The van der Waals surface area contributed by atoms with Crippen molar-refractivity contribution in [2.75, 3.05) is 18.8 Å². The van der Waals surface area contributed by atoms with Crippen LogP contribution in [0.4, 0.5) is 0 Å². The van der Waals surface area contributed by atoms with Crippen molar-refractivity contribution in [3.8, 4) is 0 Å². The summed E-state index contributed by atoms with van der Waals surface area (Å²) in [6.07, 6.45) is 0. The van der Waals surface area contributed by atoms with Gasteiger partial charge >= 0.3 is 0 Å². The van der Waals surface area contributed by atoms with Crippen molar-refractivity contribution in [2.45, 2.75) is 31.6 Å². The van der Waals surface area contributed by atoms with Crippen molar-refractivity contribution in [1.82, 2.24) is 4.90 Å². The first-order chi connectivity index (χ1) is 9.30. The summed E-state index contributed by atoms with van der Waals surface area (Å²) in [6, 6.07) is 4.89. The molecule has 0 saturated carbocycles. The molecule has 1 saturated heterocycles. The van der Waals surface area contributed by atoms with Crippen LogP contribution in [-0.4, -0.2) is 40.3 Å². The van der Waals surface area contributed by atoms with Crippen molar-refractivity contribution < 1.29 is 4.79 Å². The molecule has 0 aromatic heterocycles. The molecular formula is C15H19Cl2NOS. The summed E-state index contributed by atoms with van der Waals surface area (Å²) < 4.78 is 0.191. The van der Waals surface area contributed by atoms with Crippen LogP contribution in [0.1, 0.15) is 31.1 Å². The number of Topliss-reactive ketones (excluding diaryl/α,β-unsaturated/α-hetero) is 1. The molecule has 0 radical (unpaired) electrons. The lowest BCUT2D eigenvalue weighted by Gasteiger charge is -2.40. The van der Waals surface area contributed by atoms with Crippen LogP contribution >= 0.6 is 35.0 Å². The number of benzene rings is 1. The number of ketones is 1. The topological polar surface area (TPSA) is 20.3 Å². The Morgan fingerprint density at radius 1 is 1.40 bits per heavy atom. The SMILES string of the molecule is CC(C(=O)c1ccc(Cl)cc1Cl)N1CCSC(C)(C)C1. The minimum Gasteiger partial charge on any atom is -0.292 e. The Morgan fingerprint density at radius 2 is 2.10 bits per heavy atom. The quantitative estimate of drug-likeness (QED) is 0.766. The van der Waals surface area contributed by atoms with Crippen LogP contribution in [0.25, 0.3) is 0 Å². The van der Waals surface area contributed by atoms with Crippen LogP contribution < -0.4 is 0 Å². The molecule has 1 heterocycles. The molecule has 0 bridgehead atoms. The molecule has 1 atom stereocenters. The molecule has 1 aliphatic heterocycles. The largest absolute Gasteiger partial charge is 0.292 e. The molecule has 0 amide bonds. The summed E-state index contributed by atoms with van der Waals surface area (Å²) in [6.45, 7) is 8.24. The van der Waals surface area contributed by atoms with Gasteiger partial charge in [-0.3, -0.25) is 9.69 Å². The number of halogens is 2. The highest BCUT2D eigenvalue weighted by Gasteiger charge is 2.32. The number of hydrogen-bond acceptors (Lipinski definition) is 3. The van der Waals surface area contributed by atoms with Crippen LogP contribution in [-0.2, 0) is 0 Å². The van der Waals surface area contributed by atoms with E-state index in [1.165, 1.54) is 0 Å². The van der Waals surface area contributed by atoms with Gasteiger partial charge < -0.3 is 0 Å². The average Bonchev–Trinajstić information content (AvgIpc) is 2.36. The normalized spacial score (nSPS) is 20.6. The molecular weight excluding hydrogens is 313 g/mol. The Balaban J connectivity index is 2.16. The van der Waals surface area contributed by atoms with Crippen LogP contribution in [0.5, 0.6) is 0 Å². The van der Waals surface area contributed by atoms with E-state index in [9.17, 15) is 4.79 Å². The summed E-state index contributed by atoms with van der Waals surface area (Å²) in [5.41, 5.74) is 0.555. The zero-order chi connectivity index (χ0) is 14.9. The van der Waals surface area contributed by atoms with Crippen molar-refractivity contribution in [2.24, 2.45) is 0 Å². The van der Waals surface area contributed by atoms with E-state index in [1.807, 2.05) is 18.7 Å². The number of carbonyl (C=O) groups is 1. The maximum atomic E-state index is 12.6. The zero-order valence-corrected chi connectivity index (χ0v) is 14.3. The molecule has 0 aliphatic carbocycles. The van der Waals surface area contributed by atoms with Crippen LogP contribution in [0.2, 0.25) is 10.0 Å². The predicted molar refractivity (Wildman–Crippen MR) is 88.4 cm³/mol. The first-order valence-corrected chi connectivity index (χ1v) is 8.41. The smallest absolute Gasteiger partial charge is 0.181 e. The van der Waals surface area contributed by atoms with E-state index >= 15 is 0 Å². The Hall–Kier alpha value is -0.220. The van der Waals surface area contributed by atoms with E-state index < -0.39 is 0 Å². The Labute approximate surface area is 134 Å². The van der Waals surface area contributed by atoms with Gasteiger partial charge in [0.25, 0.3) is 0 Å². The lowest BCUT2D eigenvalue weighted by molar-refractivity contribution is 0.0832. The summed E-state index contributed by atoms with van der Waals surface area (Å²) in [5, 5.41) is 0.981. The average molecular weight is 332 g/mol. The van der Waals surface area contributed by atoms with Crippen LogP contribution in [0, 0.1) is 0 Å². The fraction of sp³-hybridized carbons (Fsp3) is 0.533. The van der Waals surface area contributed by atoms with E-state index in [1.54, 1.807) is 18.2 Å². The van der Waals surface area contributed by atoms with Crippen molar-refractivity contribution in [3.05, 3.63) is 33.8 Å². The second kappa shape index (κ2) is 6.27. The molecule has 2 nitrogen and oxygen atoms in total. The first kappa shape index (κ1) is 16.2. The number of nitrogens with zero attached hydrogens (tertiary/aromatic N) is 1. The van der Waals surface area contributed by atoms with Gasteiger partial charge in [0.05, 0.1) is 11.1 Å². The number of thioether (sulfide) groups is 1. The third-order valence-electron chi connectivity index (χ3n) is 3.58. The molecule has 1 aromatic rings. The third kappa shape index (κ3) is 3.70. The monoisotopic (exact) mass is 331 g/mol. The minimum absolute atomic E-state index is 0.0642. The van der Waals surface area contributed by atoms with Gasteiger partial charge in [-0.1, -0.05) is 23.2 Å². The summed E-state index contributed by atoms with van der Waals surface area (Å²) in [4.78, 5) is 14.9. The third-order valence-corrected chi connectivity index (χ3v) is 5.42. The van der Waals surface area contributed by atoms with Gasteiger partial charge in [0, 0.05) is 34.2 Å². The van der Waals surface area contributed by atoms with E-state index in [4.69, 9.17) is 23.2 Å².